The minimum Gasteiger partial charge on any atom is -0.355 e. The Balaban J connectivity index is 1.50. The molecular formula is C23H31N7O. The predicted molar refractivity (Wildman–Crippen MR) is 123 cm³/mol. The fourth-order valence-electron chi connectivity index (χ4n) is 4.24. The van der Waals surface area contributed by atoms with Gasteiger partial charge in [-0.15, -0.1) is 0 Å². The van der Waals surface area contributed by atoms with E-state index in [1.165, 1.54) is 0 Å². The largest absolute Gasteiger partial charge is 0.355 e. The van der Waals surface area contributed by atoms with Gasteiger partial charge in [0.05, 0.1) is 23.1 Å². The Bertz CT molecular complexity index is 1000. The molecule has 1 atom stereocenters. The molecule has 1 fully saturated rings. The lowest BCUT2D eigenvalue weighted by molar-refractivity contribution is -0.120. The molecule has 31 heavy (non-hydrogen) atoms. The Labute approximate surface area is 183 Å². The highest BCUT2D eigenvalue weighted by atomic mass is 16.2. The van der Waals surface area contributed by atoms with Gasteiger partial charge in [-0.1, -0.05) is 26.0 Å². The fraction of sp³-hybridized carbons (Fsp3) is 0.478. The van der Waals surface area contributed by atoms with Crippen LogP contribution in [0.2, 0.25) is 0 Å². The monoisotopic (exact) mass is 421 g/mol. The van der Waals surface area contributed by atoms with Crippen LogP contribution in [0.25, 0.3) is 11.0 Å². The van der Waals surface area contributed by atoms with Crippen molar-refractivity contribution in [3.05, 3.63) is 42.9 Å². The van der Waals surface area contributed by atoms with E-state index in [1.54, 1.807) is 18.6 Å². The number of aromatic nitrogens is 4. The summed E-state index contributed by atoms with van der Waals surface area (Å²) in [6, 6.07) is 8.06. The van der Waals surface area contributed by atoms with Gasteiger partial charge in [0, 0.05) is 38.6 Å². The lowest BCUT2D eigenvalue weighted by Crippen LogP contribution is -2.41. The molecule has 164 valence electrons. The summed E-state index contributed by atoms with van der Waals surface area (Å²) in [4.78, 5) is 31.0. The molecular weight excluding hydrogens is 390 g/mol. The second-order valence-electron chi connectivity index (χ2n) is 7.94. The molecule has 1 amide bonds. The normalized spacial score (nSPS) is 16.7. The minimum absolute atomic E-state index is 0.0213. The van der Waals surface area contributed by atoms with E-state index in [4.69, 9.17) is 4.98 Å². The molecule has 1 aliphatic heterocycles. The zero-order chi connectivity index (χ0) is 21.6. The molecule has 0 saturated carbocycles. The van der Waals surface area contributed by atoms with Gasteiger partial charge in [-0.3, -0.25) is 15.1 Å². The summed E-state index contributed by atoms with van der Waals surface area (Å²) in [5, 5.41) is 3.13. The quantitative estimate of drug-likeness (QED) is 0.602. The molecule has 0 unspecified atom stereocenters. The maximum atomic E-state index is 13.2. The van der Waals surface area contributed by atoms with E-state index in [1.807, 2.05) is 18.2 Å². The van der Waals surface area contributed by atoms with Crippen molar-refractivity contribution >= 4 is 28.7 Å². The van der Waals surface area contributed by atoms with Crippen LogP contribution in [0.4, 0.5) is 11.8 Å². The standard InChI is InChI=1S/C23H31N7O/c1-3-28(4-2)14-15-30-20-10-6-5-9-19(20)26-23(30)27-22(31)18-8-7-13-29(17-18)21-16-24-11-12-25-21/h5-6,9-12,16,18H,3-4,7-8,13-15,17H2,1-2H3,(H,26,27,31)/t18-/m1/s1. The maximum absolute atomic E-state index is 13.2. The molecule has 8 heteroatoms. The Hall–Kier alpha value is -3.00. The number of nitrogens with one attached hydrogen (secondary N) is 1. The minimum atomic E-state index is -0.105. The topological polar surface area (TPSA) is 79.2 Å². The van der Waals surface area contributed by atoms with E-state index >= 15 is 0 Å². The first-order valence-electron chi connectivity index (χ1n) is 11.2. The smallest absolute Gasteiger partial charge is 0.231 e. The molecule has 3 aromatic rings. The lowest BCUT2D eigenvalue weighted by atomic mass is 9.97. The van der Waals surface area contributed by atoms with Crippen molar-refractivity contribution in [3.8, 4) is 0 Å². The van der Waals surface area contributed by atoms with E-state index in [9.17, 15) is 4.79 Å². The van der Waals surface area contributed by atoms with Crippen LogP contribution < -0.4 is 10.2 Å². The first-order chi connectivity index (χ1) is 15.2. The molecule has 0 spiro atoms. The number of piperidine rings is 1. The van der Waals surface area contributed by atoms with Crippen LogP contribution >= 0.6 is 0 Å². The fourth-order valence-corrected chi connectivity index (χ4v) is 4.24. The van der Waals surface area contributed by atoms with Gasteiger partial charge in [0.25, 0.3) is 0 Å². The third-order valence-corrected chi connectivity index (χ3v) is 6.09. The Morgan fingerprint density at radius 3 is 2.84 bits per heavy atom. The highest BCUT2D eigenvalue weighted by Crippen LogP contribution is 2.24. The average Bonchev–Trinajstić information content (AvgIpc) is 3.17. The second kappa shape index (κ2) is 9.87. The van der Waals surface area contributed by atoms with Crippen molar-refractivity contribution < 1.29 is 4.79 Å². The average molecular weight is 422 g/mol. The van der Waals surface area contributed by atoms with Crippen molar-refractivity contribution in [2.45, 2.75) is 33.2 Å². The maximum Gasteiger partial charge on any atom is 0.231 e. The number of carbonyl (C=O) groups excluding carboxylic acids is 1. The number of amides is 1. The first-order valence-corrected chi connectivity index (χ1v) is 11.2. The number of hydrogen-bond acceptors (Lipinski definition) is 6. The van der Waals surface area contributed by atoms with Crippen LogP contribution in [-0.2, 0) is 11.3 Å². The molecule has 8 nitrogen and oxygen atoms in total. The molecule has 0 radical (unpaired) electrons. The van der Waals surface area contributed by atoms with Crippen LogP contribution in [0.15, 0.2) is 42.9 Å². The predicted octanol–water partition coefficient (Wildman–Crippen LogP) is 3.02. The van der Waals surface area contributed by atoms with Gasteiger partial charge >= 0.3 is 0 Å². The van der Waals surface area contributed by atoms with Crippen molar-refractivity contribution in [1.29, 1.82) is 0 Å². The highest BCUT2D eigenvalue weighted by molar-refractivity contribution is 5.93. The number of rotatable bonds is 8. The SMILES string of the molecule is CCN(CC)CCn1c(NC(=O)[C@@H]2CCCN(c3cnccn3)C2)nc2ccccc21. The molecule has 1 aromatic carbocycles. The zero-order valence-electron chi connectivity index (χ0n) is 18.4. The number of benzene rings is 1. The Morgan fingerprint density at radius 2 is 2.06 bits per heavy atom. The Morgan fingerprint density at radius 1 is 1.23 bits per heavy atom. The van der Waals surface area contributed by atoms with E-state index in [2.05, 4.69) is 49.6 Å². The summed E-state index contributed by atoms with van der Waals surface area (Å²) in [6.45, 7) is 9.59. The molecule has 3 heterocycles. The first kappa shape index (κ1) is 21.2. The van der Waals surface area contributed by atoms with Crippen LogP contribution in [0.5, 0.6) is 0 Å². The van der Waals surface area contributed by atoms with Crippen LogP contribution in [0.3, 0.4) is 0 Å². The summed E-state index contributed by atoms with van der Waals surface area (Å²) in [7, 11) is 0. The van der Waals surface area contributed by atoms with Gasteiger partial charge in [0.1, 0.15) is 5.82 Å². The van der Waals surface area contributed by atoms with Crippen LogP contribution in [0, 0.1) is 5.92 Å². The van der Waals surface area contributed by atoms with Gasteiger partial charge < -0.3 is 14.4 Å². The number of fused-ring (bicyclic) bond motifs is 1. The molecule has 1 saturated heterocycles. The van der Waals surface area contributed by atoms with Gasteiger partial charge in [0.2, 0.25) is 11.9 Å². The molecule has 0 aliphatic carbocycles. The third-order valence-electron chi connectivity index (χ3n) is 6.09. The van der Waals surface area contributed by atoms with Crippen molar-refractivity contribution in [3.63, 3.8) is 0 Å². The van der Waals surface area contributed by atoms with Gasteiger partial charge in [-0.05, 0) is 38.1 Å². The number of para-hydroxylation sites is 2. The van der Waals surface area contributed by atoms with Crippen LogP contribution in [0.1, 0.15) is 26.7 Å². The van der Waals surface area contributed by atoms with Crippen LogP contribution in [-0.4, -0.2) is 63.0 Å². The molecule has 0 bridgehead atoms. The molecule has 4 rings (SSSR count). The zero-order valence-corrected chi connectivity index (χ0v) is 18.4. The van der Waals surface area contributed by atoms with E-state index in [0.29, 0.717) is 12.5 Å². The summed E-state index contributed by atoms with van der Waals surface area (Å²) in [6.07, 6.45) is 6.93. The van der Waals surface area contributed by atoms with E-state index in [0.717, 1.165) is 62.4 Å². The molecule has 2 aromatic heterocycles. The van der Waals surface area contributed by atoms with E-state index < -0.39 is 0 Å². The Kier molecular flexibility index (Phi) is 6.76. The lowest BCUT2D eigenvalue weighted by Gasteiger charge is -2.32. The number of carbonyl (C=O) groups is 1. The van der Waals surface area contributed by atoms with Gasteiger partial charge in [-0.25, -0.2) is 9.97 Å². The number of nitrogens with zero attached hydrogens (tertiary/aromatic N) is 6. The van der Waals surface area contributed by atoms with Crippen molar-refractivity contribution in [1.82, 2.24) is 24.4 Å². The summed E-state index contributed by atoms with van der Waals surface area (Å²) >= 11 is 0. The second-order valence-corrected chi connectivity index (χ2v) is 7.94. The molecule has 1 N–H and O–H groups in total. The number of hydrogen-bond donors (Lipinski definition) is 1. The number of anilines is 2. The van der Waals surface area contributed by atoms with Gasteiger partial charge in [0.15, 0.2) is 0 Å². The summed E-state index contributed by atoms with van der Waals surface area (Å²) < 4.78 is 2.13. The molecule has 1 aliphatic rings. The highest BCUT2D eigenvalue weighted by Gasteiger charge is 2.28. The van der Waals surface area contributed by atoms with Crippen molar-refractivity contribution in [2.24, 2.45) is 5.92 Å². The van der Waals surface area contributed by atoms with Crippen molar-refractivity contribution in [2.75, 3.05) is 42.9 Å². The third kappa shape index (κ3) is 4.85. The number of likely N-dealkylation sites (N-methyl/N-ethyl adjacent to an activating group) is 1. The van der Waals surface area contributed by atoms with E-state index in [-0.39, 0.29) is 11.8 Å². The summed E-state index contributed by atoms with van der Waals surface area (Å²) in [5.74, 6) is 1.38. The van der Waals surface area contributed by atoms with Gasteiger partial charge in [-0.2, -0.15) is 0 Å². The number of imidazole rings is 1. The summed E-state index contributed by atoms with van der Waals surface area (Å²) in [5.41, 5.74) is 1.96.